The Morgan fingerprint density at radius 3 is 2.86 bits per heavy atom. The maximum absolute atomic E-state index is 12.6. The monoisotopic (exact) mass is 326 g/mol. The molecule has 0 spiro atoms. The molecule has 1 saturated carbocycles. The zero-order chi connectivity index (χ0) is 15.2. The third-order valence-corrected chi connectivity index (χ3v) is 4.93. The molecule has 0 radical (unpaired) electrons. The molecule has 1 unspecified atom stereocenters. The zero-order valence-electron chi connectivity index (χ0n) is 12.5. The minimum atomic E-state index is -0.394. The predicted molar refractivity (Wildman–Crippen MR) is 88.4 cm³/mol. The second-order valence-corrected chi connectivity index (χ2v) is 7.21. The Morgan fingerprint density at radius 2 is 2.29 bits per heavy atom. The van der Waals surface area contributed by atoms with Gasteiger partial charge >= 0.3 is 0 Å². The van der Waals surface area contributed by atoms with Gasteiger partial charge in [0.05, 0.1) is 0 Å². The summed E-state index contributed by atoms with van der Waals surface area (Å²) in [7, 11) is 1.80. The van der Waals surface area contributed by atoms with Gasteiger partial charge in [-0.2, -0.15) is 23.1 Å². The highest BCUT2D eigenvalue weighted by Crippen LogP contribution is 2.29. The second-order valence-electron chi connectivity index (χ2n) is 5.44. The Balaban J connectivity index is 1.92. The molecule has 1 heterocycles. The molecule has 4 nitrogen and oxygen atoms in total. The highest BCUT2D eigenvalue weighted by atomic mass is 32.2. The molecule has 6 heteroatoms. The highest BCUT2D eigenvalue weighted by molar-refractivity contribution is 7.98. The normalized spacial score (nSPS) is 15.5. The first-order valence-electron chi connectivity index (χ1n) is 7.17. The van der Waals surface area contributed by atoms with Crippen LogP contribution in [-0.2, 0) is 16.1 Å². The molecule has 0 saturated heterocycles. The van der Waals surface area contributed by atoms with Gasteiger partial charge in [-0.05, 0) is 53.7 Å². The van der Waals surface area contributed by atoms with Crippen molar-refractivity contribution in [2.45, 2.75) is 31.8 Å². The molecule has 1 fully saturated rings. The van der Waals surface area contributed by atoms with Crippen molar-refractivity contribution in [2.24, 2.45) is 5.92 Å². The van der Waals surface area contributed by atoms with Gasteiger partial charge in [0.15, 0.2) is 0 Å². The molecule has 1 atom stereocenters. The number of nitrogens with one attached hydrogen (secondary N) is 1. The van der Waals surface area contributed by atoms with Crippen molar-refractivity contribution >= 4 is 34.9 Å². The first kappa shape index (κ1) is 16.4. The van der Waals surface area contributed by atoms with Crippen LogP contribution in [0.2, 0.25) is 0 Å². The van der Waals surface area contributed by atoms with Gasteiger partial charge in [0.25, 0.3) is 0 Å². The summed E-state index contributed by atoms with van der Waals surface area (Å²) in [4.78, 5) is 26.2. The van der Waals surface area contributed by atoms with Crippen LogP contribution in [0, 0.1) is 5.92 Å². The number of likely N-dealkylation sites (N-methyl/N-ethyl adjacent to an activating group) is 1. The Labute approximate surface area is 134 Å². The van der Waals surface area contributed by atoms with E-state index in [9.17, 15) is 9.59 Å². The van der Waals surface area contributed by atoms with Gasteiger partial charge in [0, 0.05) is 19.5 Å². The van der Waals surface area contributed by atoms with Crippen LogP contribution in [0.5, 0.6) is 0 Å². The Kier molecular flexibility index (Phi) is 6.11. The van der Waals surface area contributed by atoms with Crippen LogP contribution in [0.25, 0.3) is 0 Å². The SMILES string of the molecule is CSCCC(NC(=O)C1CC1)C(=O)N(C)Cc1ccsc1. The first-order valence-corrected chi connectivity index (χ1v) is 9.51. The third-order valence-electron chi connectivity index (χ3n) is 3.55. The molecule has 116 valence electrons. The molecule has 21 heavy (non-hydrogen) atoms. The van der Waals surface area contributed by atoms with Crippen molar-refractivity contribution in [3.63, 3.8) is 0 Å². The van der Waals surface area contributed by atoms with Gasteiger partial charge in [-0.25, -0.2) is 0 Å². The van der Waals surface area contributed by atoms with Crippen LogP contribution in [-0.4, -0.2) is 41.8 Å². The maximum Gasteiger partial charge on any atom is 0.245 e. The summed E-state index contributed by atoms with van der Waals surface area (Å²) in [5.74, 6) is 1.05. The number of thioether (sulfide) groups is 1. The molecule has 0 aliphatic heterocycles. The number of rotatable bonds is 8. The molecule has 1 aliphatic carbocycles. The summed E-state index contributed by atoms with van der Waals surface area (Å²) in [6, 6.07) is 1.63. The highest BCUT2D eigenvalue weighted by Gasteiger charge is 2.33. The van der Waals surface area contributed by atoms with Crippen molar-refractivity contribution in [1.82, 2.24) is 10.2 Å². The van der Waals surface area contributed by atoms with Crippen LogP contribution < -0.4 is 5.32 Å². The van der Waals surface area contributed by atoms with E-state index in [1.165, 1.54) is 0 Å². The summed E-state index contributed by atoms with van der Waals surface area (Å²) in [5.41, 5.74) is 1.13. The van der Waals surface area contributed by atoms with E-state index < -0.39 is 6.04 Å². The lowest BCUT2D eigenvalue weighted by Crippen LogP contribution is -2.47. The van der Waals surface area contributed by atoms with Crippen LogP contribution >= 0.6 is 23.1 Å². The lowest BCUT2D eigenvalue weighted by Gasteiger charge is -2.24. The summed E-state index contributed by atoms with van der Waals surface area (Å²) >= 11 is 3.32. The predicted octanol–water partition coefficient (Wildman–Crippen LogP) is 2.35. The Hall–Kier alpha value is -1.01. The lowest BCUT2D eigenvalue weighted by atomic mass is 10.1. The van der Waals surface area contributed by atoms with Crippen LogP contribution in [0.15, 0.2) is 16.8 Å². The van der Waals surface area contributed by atoms with E-state index in [0.29, 0.717) is 13.0 Å². The third kappa shape index (κ3) is 5.04. The number of thiophene rings is 1. The quantitative estimate of drug-likeness (QED) is 0.798. The van der Waals surface area contributed by atoms with Crippen molar-refractivity contribution in [1.29, 1.82) is 0 Å². The first-order chi connectivity index (χ1) is 10.1. The number of carbonyl (C=O) groups excluding carboxylic acids is 2. The number of amides is 2. The summed E-state index contributed by atoms with van der Waals surface area (Å²) in [6.07, 6.45) is 4.62. The van der Waals surface area contributed by atoms with Gasteiger partial charge in [-0.3, -0.25) is 9.59 Å². The molecular formula is C15H22N2O2S2. The molecule has 1 N–H and O–H groups in total. The largest absolute Gasteiger partial charge is 0.344 e. The summed E-state index contributed by atoms with van der Waals surface area (Å²) in [5, 5.41) is 6.99. The van der Waals surface area contributed by atoms with E-state index in [1.54, 1.807) is 35.0 Å². The van der Waals surface area contributed by atoms with Crippen LogP contribution in [0.4, 0.5) is 0 Å². The van der Waals surface area contributed by atoms with E-state index >= 15 is 0 Å². The second kappa shape index (κ2) is 7.84. The van der Waals surface area contributed by atoms with E-state index in [4.69, 9.17) is 0 Å². The topological polar surface area (TPSA) is 49.4 Å². The number of nitrogens with zero attached hydrogens (tertiary/aromatic N) is 1. The van der Waals surface area contributed by atoms with Crippen molar-refractivity contribution in [3.8, 4) is 0 Å². The van der Waals surface area contributed by atoms with Gasteiger partial charge in [-0.1, -0.05) is 0 Å². The molecular weight excluding hydrogens is 304 g/mol. The van der Waals surface area contributed by atoms with Gasteiger partial charge < -0.3 is 10.2 Å². The van der Waals surface area contributed by atoms with Gasteiger partial charge in [0.1, 0.15) is 6.04 Å². The average molecular weight is 326 g/mol. The average Bonchev–Trinajstić information content (AvgIpc) is 3.21. The minimum Gasteiger partial charge on any atom is -0.344 e. The number of hydrogen-bond donors (Lipinski definition) is 1. The van der Waals surface area contributed by atoms with Gasteiger partial charge in [-0.15, -0.1) is 0 Å². The van der Waals surface area contributed by atoms with Crippen LogP contribution in [0.1, 0.15) is 24.8 Å². The molecule has 1 aliphatic rings. The van der Waals surface area contributed by atoms with Crippen molar-refractivity contribution < 1.29 is 9.59 Å². The molecule has 2 rings (SSSR count). The molecule has 2 amide bonds. The summed E-state index contributed by atoms with van der Waals surface area (Å²) < 4.78 is 0. The molecule has 1 aromatic heterocycles. The van der Waals surface area contributed by atoms with Crippen LogP contribution in [0.3, 0.4) is 0 Å². The van der Waals surface area contributed by atoms with Gasteiger partial charge in [0.2, 0.25) is 11.8 Å². The Morgan fingerprint density at radius 1 is 1.52 bits per heavy atom. The van der Waals surface area contributed by atoms with Crippen molar-refractivity contribution in [2.75, 3.05) is 19.1 Å². The van der Waals surface area contributed by atoms with E-state index in [1.807, 2.05) is 23.1 Å². The van der Waals surface area contributed by atoms with E-state index in [-0.39, 0.29) is 17.7 Å². The fraction of sp³-hybridized carbons (Fsp3) is 0.600. The molecule has 1 aromatic rings. The fourth-order valence-electron chi connectivity index (χ4n) is 2.13. The van der Waals surface area contributed by atoms with E-state index in [0.717, 1.165) is 24.2 Å². The Bertz CT molecular complexity index is 472. The zero-order valence-corrected chi connectivity index (χ0v) is 14.1. The van der Waals surface area contributed by atoms with E-state index in [2.05, 4.69) is 5.32 Å². The number of carbonyl (C=O) groups is 2. The standard InChI is InChI=1S/C15H22N2O2S2/c1-17(9-11-5-8-21-10-11)15(19)13(6-7-20-2)16-14(18)12-3-4-12/h5,8,10,12-13H,3-4,6-7,9H2,1-2H3,(H,16,18). The van der Waals surface area contributed by atoms with Crippen molar-refractivity contribution in [3.05, 3.63) is 22.4 Å². The lowest BCUT2D eigenvalue weighted by molar-refractivity contribution is -0.136. The molecule has 0 bridgehead atoms. The maximum atomic E-state index is 12.6. The number of hydrogen-bond acceptors (Lipinski definition) is 4. The molecule has 0 aromatic carbocycles. The summed E-state index contributed by atoms with van der Waals surface area (Å²) in [6.45, 7) is 0.595. The minimum absolute atomic E-state index is 0.00394. The fourth-order valence-corrected chi connectivity index (χ4v) is 3.26. The smallest absolute Gasteiger partial charge is 0.245 e.